The first-order chi connectivity index (χ1) is 17.1. The fourth-order valence-corrected chi connectivity index (χ4v) is 4.70. The van der Waals surface area contributed by atoms with Gasteiger partial charge in [-0.15, -0.1) is 0 Å². The highest BCUT2D eigenvalue weighted by Gasteiger charge is 2.49. The van der Waals surface area contributed by atoms with Crippen LogP contribution in [0.2, 0.25) is 0 Å². The van der Waals surface area contributed by atoms with Crippen LogP contribution in [-0.4, -0.2) is 32.4 Å². The molecule has 3 rings (SSSR count). The van der Waals surface area contributed by atoms with Crippen molar-refractivity contribution >= 4 is 42.0 Å². The lowest BCUT2D eigenvalue weighted by atomic mass is 10.1. The van der Waals surface area contributed by atoms with Crippen molar-refractivity contribution in [1.82, 2.24) is 4.57 Å². The molecule has 0 unspecified atom stereocenters. The van der Waals surface area contributed by atoms with Crippen molar-refractivity contribution in [3.05, 3.63) is 36.4 Å². The first-order valence-electron chi connectivity index (χ1n) is 11.1. The summed E-state index contributed by atoms with van der Waals surface area (Å²) in [6.45, 7) is 2.31. The number of benzene rings is 2. The molecule has 0 fully saturated rings. The Labute approximate surface area is 209 Å². The van der Waals surface area contributed by atoms with Crippen molar-refractivity contribution in [3.63, 3.8) is 0 Å². The van der Waals surface area contributed by atoms with Crippen LogP contribution in [0.4, 0.5) is 26.3 Å². The molecule has 7 nitrogen and oxygen atoms in total. The lowest BCUT2D eigenvalue weighted by Gasteiger charge is -2.12. The van der Waals surface area contributed by atoms with Crippen LogP contribution >= 0.6 is 0 Å². The molecule has 15 heteroatoms. The minimum absolute atomic E-state index is 0.245. The van der Waals surface area contributed by atoms with E-state index in [-0.39, 0.29) is 17.6 Å². The van der Waals surface area contributed by atoms with E-state index in [9.17, 15) is 43.2 Å². The predicted octanol–water partition coefficient (Wildman–Crippen LogP) is 6.61. The Balaban J connectivity index is 2.07. The van der Waals surface area contributed by atoms with Gasteiger partial charge in [0.25, 0.3) is 0 Å². The van der Waals surface area contributed by atoms with E-state index < -0.39 is 42.8 Å². The Hall–Kier alpha value is -2.68. The molecule has 0 aliphatic rings. The Kier molecular flexibility index (Phi) is 8.27. The molecule has 0 aliphatic carbocycles. The lowest BCUT2D eigenvalue weighted by molar-refractivity contribution is -0.0504. The molecule has 0 amide bonds. The minimum Gasteiger partial charge on any atom is -0.376 e. The number of aromatic nitrogens is 1. The van der Waals surface area contributed by atoms with Gasteiger partial charge in [0, 0.05) is 29.4 Å². The van der Waals surface area contributed by atoms with E-state index in [0.29, 0.717) is 17.2 Å². The molecule has 0 atom stereocenters. The van der Waals surface area contributed by atoms with Gasteiger partial charge in [0.15, 0.2) is 0 Å². The fraction of sp³-hybridized carbons (Fsp3) is 0.455. The Morgan fingerprint density at radius 2 is 1.08 bits per heavy atom. The SMILES string of the molecule is CCCCCCCCn1c2cc(OS(=O)(=O)C(F)(F)F)ccc2c2ccc(OS(=O)(=O)C(F)(F)F)cc21. The Morgan fingerprint density at radius 1 is 0.676 bits per heavy atom. The molecule has 206 valence electrons. The van der Waals surface area contributed by atoms with Gasteiger partial charge in [-0.05, 0) is 30.7 Å². The quantitative estimate of drug-likeness (QED) is 0.111. The van der Waals surface area contributed by atoms with Crippen molar-refractivity contribution in [2.45, 2.75) is 63.0 Å². The molecule has 0 radical (unpaired) electrons. The van der Waals surface area contributed by atoms with Gasteiger partial charge in [0.2, 0.25) is 0 Å². The predicted molar refractivity (Wildman–Crippen MR) is 124 cm³/mol. The summed E-state index contributed by atoms with van der Waals surface area (Å²) in [5, 5.41) is 0.867. The summed E-state index contributed by atoms with van der Waals surface area (Å²) in [6, 6.07) is 6.79. The third kappa shape index (κ3) is 6.43. The van der Waals surface area contributed by atoms with Gasteiger partial charge in [-0.2, -0.15) is 43.2 Å². The number of halogens is 6. The summed E-state index contributed by atoms with van der Waals surface area (Å²) >= 11 is 0. The molecule has 2 aromatic carbocycles. The molecule has 37 heavy (non-hydrogen) atoms. The molecular formula is C22H23F6NO6S2. The molecule has 0 saturated heterocycles. The van der Waals surface area contributed by atoms with Crippen LogP contribution in [0.25, 0.3) is 21.8 Å². The van der Waals surface area contributed by atoms with Gasteiger partial charge < -0.3 is 12.9 Å². The molecule has 0 aliphatic heterocycles. The van der Waals surface area contributed by atoms with E-state index in [0.717, 1.165) is 56.4 Å². The normalized spacial score (nSPS) is 13.4. The second kappa shape index (κ2) is 10.6. The first kappa shape index (κ1) is 28.9. The summed E-state index contributed by atoms with van der Waals surface area (Å²) in [5.74, 6) is -1.24. The van der Waals surface area contributed by atoms with Crippen LogP contribution in [0.15, 0.2) is 36.4 Å². The molecule has 0 N–H and O–H groups in total. The number of fused-ring (bicyclic) bond motifs is 3. The second-order valence-electron chi connectivity index (χ2n) is 8.24. The highest BCUT2D eigenvalue weighted by atomic mass is 32.2. The van der Waals surface area contributed by atoms with Crippen LogP contribution in [0.1, 0.15) is 45.4 Å². The molecular weight excluding hydrogens is 552 g/mol. The summed E-state index contributed by atoms with van der Waals surface area (Å²) in [5.41, 5.74) is -10.8. The maximum Gasteiger partial charge on any atom is 0.534 e. The molecule has 1 aromatic heterocycles. The van der Waals surface area contributed by atoms with E-state index in [1.54, 1.807) is 4.57 Å². The fourth-order valence-electron chi connectivity index (χ4n) is 3.80. The van der Waals surface area contributed by atoms with Gasteiger partial charge >= 0.3 is 31.3 Å². The lowest BCUT2D eigenvalue weighted by Crippen LogP contribution is -2.28. The van der Waals surface area contributed by atoms with Crippen LogP contribution in [0.3, 0.4) is 0 Å². The van der Waals surface area contributed by atoms with Crippen molar-refractivity contribution in [3.8, 4) is 11.5 Å². The van der Waals surface area contributed by atoms with Crippen LogP contribution in [-0.2, 0) is 26.8 Å². The van der Waals surface area contributed by atoms with Crippen LogP contribution < -0.4 is 8.37 Å². The molecule has 1 heterocycles. The zero-order chi connectivity index (χ0) is 27.6. The maximum absolute atomic E-state index is 12.8. The third-order valence-corrected chi connectivity index (χ3v) is 7.48. The molecule has 0 spiro atoms. The number of unbranched alkanes of at least 4 members (excludes halogenated alkanes) is 5. The van der Waals surface area contributed by atoms with Crippen molar-refractivity contribution in [2.24, 2.45) is 0 Å². The highest BCUT2D eigenvalue weighted by molar-refractivity contribution is 7.88. The largest absolute Gasteiger partial charge is 0.534 e. The van der Waals surface area contributed by atoms with Crippen molar-refractivity contribution in [1.29, 1.82) is 0 Å². The highest BCUT2D eigenvalue weighted by Crippen LogP contribution is 2.36. The second-order valence-corrected chi connectivity index (χ2v) is 11.3. The average Bonchev–Trinajstić information content (AvgIpc) is 3.06. The summed E-state index contributed by atoms with van der Waals surface area (Å²) in [4.78, 5) is 0. The minimum atomic E-state index is -5.94. The molecule has 0 bridgehead atoms. The van der Waals surface area contributed by atoms with Gasteiger partial charge in [-0.3, -0.25) is 0 Å². The summed E-state index contributed by atoms with van der Waals surface area (Å²) in [7, 11) is -11.9. The van der Waals surface area contributed by atoms with Crippen LogP contribution in [0.5, 0.6) is 11.5 Å². The summed E-state index contributed by atoms with van der Waals surface area (Å²) < 4.78 is 132. The molecule has 3 aromatic rings. The monoisotopic (exact) mass is 575 g/mol. The Morgan fingerprint density at radius 3 is 1.49 bits per heavy atom. The topological polar surface area (TPSA) is 91.7 Å². The standard InChI is InChI=1S/C22H23F6NO6S2/c1-2-3-4-5-6-7-12-29-19-13-15(34-36(30,31)21(23,24)25)8-10-17(19)18-11-9-16(14-20(18)29)35-37(32,33)22(26,27)28/h8-11,13-14H,2-7,12H2,1H3. The van der Waals surface area contributed by atoms with Gasteiger partial charge in [-0.25, -0.2) is 0 Å². The van der Waals surface area contributed by atoms with Gasteiger partial charge in [0.1, 0.15) is 11.5 Å². The number of hydrogen-bond donors (Lipinski definition) is 0. The molecule has 0 saturated carbocycles. The zero-order valence-corrected chi connectivity index (χ0v) is 21.0. The third-order valence-electron chi connectivity index (χ3n) is 5.52. The number of hydrogen-bond acceptors (Lipinski definition) is 6. The number of nitrogens with zero attached hydrogens (tertiary/aromatic N) is 1. The van der Waals surface area contributed by atoms with Gasteiger partial charge in [0.05, 0.1) is 11.0 Å². The zero-order valence-electron chi connectivity index (χ0n) is 19.4. The summed E-state index contributed by atoms with van der Waals surface area (Å²) in [6.07, 6.45) is 5.32. The van der Waals surface area contributed by atoms with Crippen molar-refractivity contribution < 1.29 is 51.5 Å². The smallest absolute Gasteiger partial charge is 0.376 e. The number of aryl methyl sites for hydroxylation is 1. The number of alkyl halides is 6. The van der Waals surface area contributed by atoms with E-state index >= 15 is 0 Å². The van der Waals surface area contributed by atoms with Crippen molar-refractivity contribution in [2.75, 3.05) is 0 Å². The average molecular weight is 576 g/mol. The van der Waals surface area contributed by atoms with Crippen LogP contribution in [0, 0.1) is 0 Å². The van der Waals surface area contributed by atoms with E-state index in [4.69, 9.17) is 0 Å². The first-order valence-corrected chi connectivity index (χ1v) is 14.0. The van der Waals surface area contributed by atoms with E-state index in [1.807, 2.05) is 0 Å². The van der Waals surface area contributed by atoms with Gasteiger partial charge in [-0.1, -0.05) is 39.0 Å². The van der Waals surface area contributed by atoms with E-state index in [2.05, 4.69) is 15.3 Å². The van der Waals surface area contributed by atoms with E-state index in [1.165, 1.54) is 12.1 Å². The Bertz CT molecular complexity index is 1370. The maximum atomic E-state index is 12.8. The number of rotatable bonds is 11.